The molecule has 0 heterocycles. The van der Waals surface area contributed by atoms with Crippen LogP contribution >= 0.6 is 0 Å². The molecule has 0 saturated heterocycles. The molecule has 0 bridgehead atoms. The van der Waals surface area contributed by atoms with Crippen LogP contribution in [-0.2, 0) is 0 Å². The molecule has 2 saturated carbocycles. The first kappa shape index (κ1) is 17.4. The van der Waals surface area contributed by atoms with Gasteiger partial charge in [0.15, 0.2) is 0 Å². The van der Waals surface area contributed by atoms with Gasteiger partial charge < -0.3 is 10.2 Å². The van der Waals surface area contributed by atoms with Crippen LogP contribution < -0.4 is 0 Å². The van der Waals surface area contributed by atoms with Gasteiger partial charge in [0.1, 0.15) is 5.60 Å². The van der Waals surface area contributed by atoms with E-state index in [2.05, 4.69) is 25.5 Å². The molecule has 2 fully saturated rings. The maximum absolute atomic E-state index is 11.2. The van der Waals surface area contributed by atoms with Crippen LogP contribution in [0.4, 0.5) is 0 Å². The fourth-order valence-electron chi connectivity index (χ4n) is 7.18. The molecule has 0 unspecified atom stereocenters. The summed E-state index contributed by atoms with van der Waals surface area (Å²) in [6, 6.07) is 0. The zero-order valence-electron chi connectivity index (χ0n) is 15.5. The molecule has 136 valence electrons. The van der Waals surface area contributed by atoms with Gasteiger partial charge in [-0.2, -0.15) is 0 Å². The molecule has 7 atom stereocenters. The Bertz CT molecular complexity index is 641. The molecule has 0 amide bonds. The Morgan fingerprint density at radius 2 is 2.12 bits per heavy atom. The summed E-state index contributed by atoms with van der Waals surface area (Å²) in [7, 11) is 0. The average Bonchev–Trinajstić information content (AvgIpc) is 2.86. The largest absolute Gasteiger partial charge is 0.393 e. The lowest BCUT2D eigenvalue weighted by atomic mass is 9.49. The van der Waals surface area contributed by atoms with Crippen LogP contribution in [0.15, 0.2) is 23.8 Å². The van der Waals surface area contributed by atoms with Crippen LogP contribution in [0.3, 0.4) is 0 Å². The van der Waals surface area contributed by atoms with Gasteiger partial charge in [0.05, 0.1) is 6.10 Å². The third-order valence-corrected chi connectivity index (χ3v) is 8.33. The summed E-state index contributed by atoms with van der Waals surface area (Å²) < 4.78 is 0. The van der Waals surface area contributed by atoms with Crippen molar-refractivity contribution in [2.24, 2.45) is 29.1 Å². The Hall–Kier alpha value is -1.04. The summed E-state index contributed by atoms with van der Waals surface area (Å²) in [5.41, 5.74) is 2.09. The number of rotatable bonds is 2. The Balaban J connectivity index is 1.75. The number of allylic oxidation sites excluding steroid dienone is 2. The molecule has 0 radical (unpaired) electrons. The standard InChI is InChI=1S/C23H32O2/c1-4-6-16-14-22(3)20(11-12-23(22,25)5-2)19-9-7-15-13-17(24)8-10-18(15)21(16)19/h2,4,16-17,19-21,24-25H,1,6-14H2,3H3/t16-,17+,19-,20-,21+,22-,23-/m0/s1. The molecule has 4 rings (SSSR count). The minimum Gasteiger partial charge on any atom is -0.393 e. The third-order valence-electron chi connectivity index (χ3n) is 8.33. The van der Waals surface area contributed by atoms with Crippen LogP contribution in [0, 0.1) is 41.4 Å². The molecule has 2 heteroatoms. The van der Waals surface area contributed by atoms with E-state index >= 15 is 0 Å². The molecule has 0 aromatic carbocycles. The molecule has 0 spiro atoms. The van der Waals surface area contributed by atoms with Crippen molar-refractivity contribution in [3.05, 3.63) is 23.8 Å². The van der Waals surface area contributed by atoms with E-state index in [1.807, 2.05) is 0 Å². The van der Waals surface area contributed by atoms with Crippen LogP contribution in [-0.4, -0.2) is 21.9 Å². The molecule has 0 aromatic rings. The summed E-state index contributed by atoms with van der Waals surface area (Å²) >= 11 is 0. The van der Waals surface area contributed by atoms with Gasteiger partial charge >= 0.3 is 0 Å². The molecule has 2 N–H and O–H groups in total. The Morgan fingerprint density at radius 1 is 1.32 bits per heavy atom. The van der Waals surface area contributed by atoms with E-state index in [9.17, 15) is 10.2 Å². The van der Waals surface area contributed by atoms with E-state index < -0.39 is 5.60 Å². The van der Waals surface area contributed by atoms with Crippen LogP contribution in [0.1, 0.15) is 64.7 Å². The second-order valence-electron chi connectivity index (χ2n) is 9.31. The zero-order chi connectivity index (χ0) is 17.8. The number of aliphatic hydroxyl groups is 2. The summed E-state index contributed by atoms with van der Waals surface area (Å²) in [5.74, 6) is 5.10. The average molecular weight is 341 g/mol. The highest BCUT2D eigenvalue weighted by atomic mass is 16.3. The highest BCUT2D eigenvalue weighted by molar-refractivity contribution is 5.31. The van der Waals surface area contributed by atoms with Crippen LogP contribution in [0.25, 0.3) is 0 Å². The van der Waals surface area contributed by atoms with Crippen molar-refractivity contribution in [3.63, 3.8) is 0 Å². The lowest BCUT2D eigenvalue weighted by molar-refractivity contribution is -0.0926. The maximum Gasteiger partial charge on any atom is 0.130 e. The van der Waals surface area contributed by atoms with Crippen LogP contribution in [0.5, 0.6) is 0 Å². The van der Waals surface area contributed by atoms with Gasteiger partial charge in [-0.25, -0.2) is 0 Å². The number of aliphatic hydroxyl groups excluding tert-OH is 1. The van der Waals surface area contributed by atoms with Gasteiger partial charge in [0, 0.05) is 5.41 Å². The molecule has 0 aliphatic heterocycles. The molecule has 4 aliphatic carbocycles. The summed E-state index contributed by atoms with van der Waals surface area (Å²) in [6.45, 7) is 6.27. The van der Waals surface area contributed by atoms with E-state index in [0.29, 0.717) is 23.7 Å². The van der Waals surface area contributed by atoms with Crippen LogP contribution in [0.2, 0.25) is 0 Å². The number of terminal acetylenes is 1. The minimum absolute atomic E-state index is 0.139. The highest BCUT2D eigenvalue weighted by Gasteiger charge is 2.63. The predicted octanol–water partition coefficient (Wildman–Crippen LogP) is 4.23. The zero-order valence-corrected chi connectivity index (χ0v) is 15.5. The highest BCUT2D eigenvalue weighted by Crippen LogP contribution is 2.66. The minimum atomic E-state index is -0.945. The third kappa shape index (κ3) is 2.39. The monoisotopic (exact) mass is 340 g/mol. The summed E-state index contributed by atoms with van der Waals surface area (Å²) in [4.78, 5) is 0. The fraction of sp³-hybridized carbons (Fsp3) is 0.739. The van der Waals surface area contributed by atoms with Crippen molar-refractivity contribution in [1.29, 1.82) is 0 Å². The van der Waals surface area contributed by atoms with Gasteiger partial charge in [-0.3, -0.25) is 0 Å². The molecular formula is C23H32O2. The Morgan fingerprint density at radius 3 is 2.84 bits per heavy atom. The predicted molar refractivity (Wildman–Crippen MR) is 101 cm³/mol. The second-order valence-corrected chi connectivity index (χ2v) is 9.31. The van der Waals surface area contributed by atoms with Gasteiger partial charge in [-0.05, 0) is 81.5 Å². The Labute approximate surface area is 152 Å². The summed E-state index contributed by atoms with van der Waals surface area (Å²) in [5, 5.41) is 21.3. The molecular weight excluding hydrogens is 308 g/mol. The van der Waals surface area contributed by atoms with Crippen molar-refractivity contribution in [3.8, 4) is 12.3 Å². The summed E-state index contributed by atoms with van der Waals surface area (Å²) in [6.07, 6.45) is 16.7. The lowest BCUT2D eigenvalue weighted by Crippen LogP contribution is -2.54. The van der Waals surface area contributed by atoms with Crippen molar-refractivity contribution in [2.75, 3.05) is 0 Å². The topological polar surface area (TPSA) is 40.5 Å². The first-order chi connectivity index (χ1) is 11.9. The van der Waals surface area contributed by atoms with Crippen molar-refractivity contribution in [2.45, 2.75) is 76.4 Å². The Kier molecular flexibility index (Phi) is 4.17. The first-order valence-corrected chi connectivity index (χ1v) is 10.1. The van der Waals surface area contributed by atoms with Gasteiger partial charge in [-0.1, -0.05) is 30.1 Å². The van der Waals surface area contributed by atoms with Crippen molar-refractivity contribution >= 4 is 0 Å². The normalized spacial score (nSPS) is 49.0. The van der Waals surface area contributed by atoms with Gasteiger partial charge in [0.2, 0.25) is 0 Å². The lowest BCUT2D eigenvalue weighted by Gasteiger charge is -2.56. The van der Waals surface area contributed by atoms with E-state index in [1.54, 1.807) is 11.1 Å². The van der Waals surface area contributed by atoms with Gasteiger partial charge in [-0.15, -0.1) is 13.0 Å². The second kappa shape index (κ2) is 6.00. The first-order valence-electron chi connectivity index (χ1n) is 10.1. The smallest absolute Gasteiger partial charge is 0.130 e. The number of fused-ring (bicyclic) bond motifs is 4. The molecule has 4 aliphatic rings. The number of hydrogen-bond acceptors (Lipinski definition) is 2. The molecule has 0 aromatic heterocycles. The SMILES string of the molecule is C#C[C@]1(O)CC[C@H]2[C@@H]3CCC4=C(CC[C@@H](O)C4)[C@H]3[C@@H](CC=C)C[C@@]21C. The van der Waals surface area contributed by atoms with E-state index in [4.69, 9.17) is 6.42 Å². The van der Waals surface area contributed by atoms with Gasteiger partial charge in [0.25, 0.3) is 0 Å². The molecule has 25 heavy (non-hydrogen) atoms. The van der Waals surface area contributed by atoms with E-state index in [1.165, 1.54) is 6.42 Å². The van der Waals surface area contributed by atoms with Crippen molar-refractivity contribution in [1.82, 2.24) is 0 Å². The van der Waals surface area contributed by atoms with Crippen molar-refractivity contribution < 1.29 is 10.2 Å². The maximum atomic E-state index is 11.2. The fourth-order valence-corrected chi connectivity index (χ4v) is 7.18. The van der Waals surface area contributed by atoms with E-state index in [-0.39, 0.29) is 11.5 Å². The quantitative estimate of drug-likeness (QED) is 0.583. The van der Waals surface area contributed by atoms with E-state index in [0.717, 1.165) is 51.4 Å². The number of hydrogen-bond donors (Lipinski definition) is 2. The molecule has 2 nitrogen and oxygen atoms in total.